The third-order valence-electron chi connectivity index (χ3n) is 2.68. The Morgan fingerprint density at radius 3 is 2.43 bits per heavy atom. The monoisotopic (exact) mass is 300 g/mol. The highest BCUT2D eigenvalue weighted by Crippen LogP contribution is 2.25. The molecule has 0 aliphatic heterocycles. The lowest BCUT2D eigenvalue weighted by molar-refractivity contribution is -0.387. The predicted octanol–water partition coefficient (Wildman–Crippen LogP) is 1.61. The zero-order chi connectivity index (χ0) is 16.4. The maximum absolute atomic E-state index is 13.3. The topological polar surface area (TPSA) is 113 Å². The molecule has 116 valence electrons. The molecule has 1 aromatic rings. The van der Waals surface area contributed by atoms with Gasteiger partial charge in [-0.25, -0.2) is 0 Å². The number of halogens is 1. The fraction of sp³-hybridized carbons (Fsp3) is 0.462. The molecule has 21 heavy (non-hydrogen) atoms. The average molecular weight is 300 g/mol. The van der Waals surface area contributed by atoms with Crippen LogP contribution in [-0.2, 0) is 4.79 Å². The summed E-state index contributed by atoms with van der Waals surface area (Å²) in [7, 11) is 0. The first-order valence-corrected chi connectivity index (χ1v) is 6.15. The minimum absolute atomic E-state index is 0.0488. The normalized spacial score (nSPS) is 14.5. The number of carboxylic acid groups (broad SMARTS) is 1. The van der Waals surface area contributed by atoms with Gasteiger partial charge in [-0.05, 0) is 32.4 Å². The standard InChI is InChI=1S/C13H17FN2O5/c1-13(2,3)15-10(12(18)19)11(17)7-4-5-8(14)9(6-7)16(20)21/h4-6,10-11,15,17H,1-3H3,(H,18,19)/t10-,11+/m0/s1. The molecule has 7 nitrogen and oxygen atoms in total. The van der Waals surface area contributed by atoms with E-state index in [2.05, 4.69) is 5.32 Å². The van der Waals surface area contributed by atoms with E-state index in [4.69, 9.17) is 0 Å². The van der Waals surface area contributed by atoms with E-state index in [1.54, 1.807) is 20.8 Å². The molecule has 3 N–H and O–H groups in total. The van der Waals surface area contributed by atoms with Gasteiger partial charge in [0, 0.05) is 11.6 Å². The van der Waals surface area contributed by atoms with Gasteiger partial charge >= 0.3 is 11.7 Å². The highest BCUT2D eigenvalue weighted by atomic mass is 19.1. The first-order valence-electron chi connectivity index (χ1n) is 6.15. The van der Waals surface area contributed by atoms with Gasteiger partial charge in [0.15, 0.2) is 0 Å². The van der Waals surface area contributed by atoms with E-state index >= 15 is 0 Å². The molecule has 0 saturated heterocycles. The van der Waals surface area contributed by atoms with Crippen molar-refractivity contribution in [3.8, 4) is 0 Å². The number of aliphatic hydroxyl groups is 1. The van der Waals surface area contributed by atoms with Gasteiger partial charge in [-0.3, -0.25) is 20.2 Å². The molecule has 1 rings (SSSR count). The van der Waals surface area contributed by atoms with Crippen LogP contribution in [0.4, 0.5) is 10.1 Å². The number of hydrogen-bond acceptors (Lipinski definition) is 5. The number of rotatable bonds is 5. The van der Waals surface area contributed by atoms with E-state index in [-0.39, 0.29) is 5.56 Å². The van der Waals surface area contributed by atoms with Crippen molar-refractivity contribution in [2.24, 2.45) is 0 Å². The summed E-state index contributed by atoms with van der Waals surface area (Å²) in [5.41, 5.74) is -1.46. The molecular weight excluding hydrogens is 283 g/mol. The van der Waals surface area contributed by atoms with Crippen LogP contribution >= 0.6 is 0 Å². The molecule has 0 radical (unpaired) electrons. The molecule has 0 fully saturated rings. The van der Waals surface area contributed by atoms with Crippen molar-refractivity contribution in [1.29, 1.82) is 0 Å². The minimum Gasteiger partial charge on any atom is -0.480 e. The van der Waals surface area contributed by atoms with Gasteiger partial charge in [-0.15, -0.1) is 0 Å². The maximum atomic E-state index is 13.3. The molecule has 8 heteroatoms. The van der Waals surface area contributed by atoms with E-state index in [9.17, 15) is 29.5 Å². The highest BCUT2D eigenvalue weighted by Gasteiger charge is 2.32. The van der Waals surface area contributed by atoms with Crippen LogP contribution in [0.2, 0.25) is 0 Å². The summed E-state index contributed by atoms with van der Waals surface area (Å²) in [6.07, 6.45) is -1.55. The second kappa shape index (κ2) is 6.15. The Bertz CT molecular complexity index is 556. The van der Waals surface area contributed by atoms with E-state index in [1.165, 1.54) is 0 Å². The minimum atomic E-state index is -1.55. The summed E-state index contributed by atoms with van der Waals surface area (Å²) in [5, 5.41) is 32.7. The zero-order valence-corrected chi connectivity index (χ0v) is 11.8. The molecule has 1 aromatic carbocycles. The molecular formula is C13H17FN2O5. The fourth-order valence-corrected chi connectivity index (χ4v) is 1.79. The molecule has 0 unspecified atom stereocenters. The number of hydrogen-bond donors (Lipinski definition) is 3. The lowest BCUT2D eigenvalue weighted by Gasteiger charge is -2.29. The first-order chi connectivity index (χ1) is 9.53. The molecule has 0 amide bonds. The number of carbonyl (C=O) groups is 1. The van der Waals surface area contributed by atoms with Crippen molar-refractivity contribution < 1.29 is 24.3 Å². The Hall–Kier alpha value is -2.06. The van der Waals surface area contributed by atoms with Crippen molar-refractivity contribution in [2.75, 3.05) is 0 Å². The Morgan fingerprint density at radius 1 is 1.43 bits per heavy atom. The molecule has 2 atom stereocenters. The van der Waals surface area contributed by atoms with Crippen molar-refractivity contribution in [3.63, 3.8) is 0 Å². The Labute approximate surface area is 120 Å². The molecule has 0 saturated carbocycles. The molecule has 0 spiro atoms. The maximum Gasteiger partial charge on any atom is 0.323 e. The SMILES string of the molecule is CC(C)(C)N[C@H](C(=O)O)[C@H](O)c1ccc(F)c([N+](=O)[O-])c1. The summed E-state index contributed by atoms with van der Waals surface area (Å²) in [6, 6.07) is 1.40. The molecule has 0 aromatic heterocycles. The summed E-state index contributed by atoms with van der Waals surface area (Å²) in [5.74, 6) is -2.36. The highest BCUT2D eigenvalue weighted by molar-refractivity contribution is 5.74. The Balaban J connectivity index is 3.15. The summed E-state index contributed by atoms with van der Waals surface area (Å²) in [6.45, 7) is 5.13. The number of nitrogens with zero attached hydrogens (tertiary/aromatic N) is 1. The number of nitro benzene ring substituents is 1. The summed E-state index contributed by atoms with van der Waals surface area (Å²) in [4.78, 5) is 21.0. The predicted molar refractivity (Wildman–Crippen MR) is 72.3 cm³/mol. The molecule has 0 heterocycles. The van der Waals surface area contributed by atoms with Crippen LogP contribution in [0.1, 0.15) is 32.4 Å². The number of nitro groups is 1. The van der Waals surface area contributed by atoms with Gasteiger partial charge < -0.3 is 10.2 Å². The van der Waals surface area contributed by atoms with Crippen LogP contribution < -0.4 is 5.32 Å². The molecule has 0 aliphatic rings. The number of carboxylic acids is 1. The lowest BCUT2D eigenvalue weighted by Crippen LogP contribution is -2.50. The van der Waals surface area contributed by atoms with Crippen molar-refractivity contribution in [3.05, 3.63) is 39.7 Å². The smallest absolute Gasteiger partial charge is 0.323 e. The zero-order valence-electron chi connectivity index (χ0n) is 11.8. The van der Waals surface area contributed by atoms with Crippen LogP contribution in [0, 0.1) is 15.9 Å². The van der Waals surface area contributed by atoms with Crippen LogP contribution in [0.15, 0.2) is 18.2 Å². The first kappa shape index (κ1) is 17.0. The second-order valence-corrected chi connectivity index (χ2v) is 5.62. The van der Waals surface area contributed by atoms with Crippen molar-refractivity contribution >= 4 is 11.7 Å². The second-order valence-electron chi connectivity index (χ2n) is 5.62. The lowest BCUT2D eigenvalue weighted by atomic mass is 9.98. The third kappa shape index (κ3) is 4.47. The van der Waals surface area contributed by atoms with Crippen molar-refractivity contribution in [1.82, 2.24) is 5.32 Å². The van der Waals surface area contributed by atoms with E-state index < -0.39 is 40.1 Å². The van der Waals surface area contributed by atoms with Gasteiger partial charge in [-0.2, -0.15) is 4.39 Å². The van der Waals surface area contributed by atoms with Gasteiger partial charge in [0.2, 0.25) is 5.82 Å². The summed E-state index contributed by atoms with van der Waals surface area (Å²) >= 11 is 0. The molecule has 0 bridgehead atoms. The van der Waals surface area contributed by atoms with Gasteiger partial charge in [0.25, 0.3) is 0 Å². The van der Waals surface area contributed by atoms with E-state index in [0.29, 0.717) is 0 Å². The fourth-order valence-electron chi connectivity index (χ4n) is 1.79. The number of benzene rings is 1. The van der Waals surface area contributed by atoms with E-state index in [1.807, 2.05) is 0 Å². The average Bonchev–Trinajstić information content (AvgIpc) is 2.34. The largest absolute Gasteiger partial charge is 0.480 e. The van der Waals surface area contributed by atoms with Crippen LogP contribution in [0.25, 0.3) is 0 Å². The Morgan fingerprint density at radius 2 is 2.00 bits per heavy atom. The quantitative estimate of drug-likeness (QED) is 0.562. The van der Waals surface area contributed by atoms with Crippen LogP contribution in [-0.4, -0.2) is 32.7 Å². The summed E-state index contributed by atoms with van der Waals surface area (Å²) < 4.78 is 13.3. The Kier molecular flexibility index (Phi) is 4.97. The van der Waals surface area contributed by atoms with Gasteiger partial charge in [0.1, 0.15) is 12.1 Å². The third-order valence-corrected chi connectivity index (χ3v) is 2.68. The van der Waals surface area contributed by atoms with Gasteiger partial charge in [-0.1, -0.05) is 6.07 Å². The number of aliphatic hydroxyl groups excluding tert-OH is 1. The van der Waals surface area contributed by atoms with Gasteiger partial charge in [0.05, 0.1) is 4.92 Å². The number of nitrogens with one attached hydrogen (secondary N) is 1. The van der Waals surface area contributed by atoms with Crippen molar-refractivity contribution in [2.45, 2.75) is 38.5 Å². The van der Waals surface area contributed by atoms with E-state index in [0.717, 1.165) is 18.2 Å². The number of aliphatic carboxylic acids is 1. The van der Waals surface area contributed by atoms with Crippen LogP contribution in [0.3, 0.4) is 0 Å². The van der Waals surface area contributed by atoms with Crippen LogP contribution in [0.5, 0.6) is 0 Å². The molecule has 0 aliphatic carbocycles.